The normalized spacial score (nSPS) is 28.7. The fraction of sp³-hybridized carbons (Fsp3) is 0.400. The number of nitrogens with zero attached hydrogens (tertiary/aromatic N) is 2. The van der Waals surface area contributed by atoms with Gasteiger partial charge in [-0.3, -0.25) is 0 Å². The molecule has 2 heterocycles. The average molecular weight is 276 g/mol. The summed E-state index contributed by atoms with van der Waals surface area (Å²) in [5.74, 6) is -0.225. The molecule has 106 valence electrons. The molecule has 0 radical (unpaired) electrons. The molecular formula is C15H19FN3O+. The zero-order valence-electron chi connectivity index (χ0n) is 11.6. The molecule has 1 saturated heterocycles. The van der Waals surface area contributed by atoms with Crippen molar-refractivity contribution in [1.82, 2.24) is 9.91 Å². The van der Waals surface area contributed by atoms with Crippen LogP contribution in [0.25, 0.3) is 0 Å². The van der Waals surface area contributed by atoms with E-state index in [0.29, 0.717) is 10.6 Å². The van der Waals surface area contributed by atoms with Gasteiger partial charge in [0.05, 0.1) is 12.6 Å². The van der Waals surface area contributed by atoms with E-state index < -0.39 is 0 Å². The molecule has 1 N–H and O–H groups in total. The SMILES string of the molecule is CC[N+]1(c2ccc(F)cc2)C=C(N[C@H]2CCOC2)C=N1. The van der Waals surface area contributed by atoms with Crippen LogP contribution >= 0.6 is 0 Å². The third-order valence-electron chi connectivity index (χ3n) is 3.81. The smallest absolute Gasteiger partial charge is 0.164 e. The standard InChI is InChI=1S/C15H19FN3O/c1-2-19(15-5-3-12(16)4-6-15)10-14(9-17-19)18-13-7-8-20-11-13/h3-6,9-10,13,18H,2,7-8,11H2,1H3/q+1/t13-,19?/m0/s1. The number of halogens is 1. The second-order valence-electron chi connectivity index (χ2n) is 5.15. The average Bonchev–Trinajstić information content (AvgIpc) is 3.10. The molecule has 0 aromatic heterocycles. The highest BCUT2D eigenvalue weighted by Gasteiger charge is 2.32. The third kappa shape index (κ3) is 2.46. The molecule has 4 nitrogen and oxygen atoms in total. The molecule has 1 fully saturated rings. The lowest BCUT2D eigenvalue weighted by Gasteiger charge is -2.23. The lowest BCUT2D eigenvalue weighted by atomic mass is 10.2. The molecule has 1 aromatic carbocycles. The minimum Gasteiger partial charge on any atom is -0.379 e. The van der Waals surface area contributed by atoms with Crippen molar-refractivity contribution in [3.63, 3.8) is 0 Å². The first-order chi connectivity index (χ1) is 9.72. The molecule has 3 rings (SSSR count). The van der Waals surface area contributed by atoms with Crippen molar-refractivity contribution in [2.75, 3.05) is 19.8 Å². The quantitative estimate of drug-likeness (QED) is 0.857. The summed E-state index contributed by atoms with van der Waals surface area (Å²) >= 11 is 0. The number of allylic oxidation sites excluding steroid dienone is 1. The van der Waals surface area contributed by atoms with Crippen molar-refractivity contribution < 1.29 is 9.13 Å². The first kappa shape index (κ1) is 13.3. The zero-order valence-corrected chi connectivity index (χ0v) is 11.6. The van der Waals surface area contributed by atoms with Crippen LogP contribution in [0.5, 0.6) is 0 Å². The van der Waals surface area contributed by atoms with Crippen LogP contribution in [0.4, 0.5) is 10.1 Å². The van der Waals surface area contributed by atoms with Crippen LogP contribution in [0.15, 0.2) is 41.3 Å². The maximum atomic E-state index is 13.1. The molecular weight excluding hydrogens is 257 g/mol. The van der Waals surface area contributed by atoms with Gasteiger partial charge in [0.25, 0.3) is 0 Å². The van der Waals surface area contributed by atoms with Crippen LogP contribution in [-0.4, -0.2) is 32.0 Å². The van der Waals surface area contributed by atoms with E-state index in [9.17, 15) is 4.39 Å². The van der Waals surface area contributed by atoms with E-state index in [0.717, 1.165) is 37.6 Å². The van der Waals surface area contributed by atoms with Gasteiger partial charge < -0.3 is 10.1 Å². The van der Waals surface area contributed by atoms with Crippen molar-refractivity contribution in [3.8, 4) is 0 Å². The van der Waals surface area contributed by atoms with Gasteiger partial charge in [0.1, 0.15) is 24.3 Å². The molecule has 1 aromatic rings. The van der Waals surface area contributed by atoms with Crippen LogP contribution in [-0.2, 0) is 4.74 Å². The Morgan fingerprint density at radius 1 is 1.40 bits per heavy atom. The molecule has 0 spiro atoms. The van der Waals surface area contributed by atoms with Crippen LogP contribution in [0, 0.1) is 5.82 Å². The van der Waals surface area contributed by atoms with E-state index >= 15 is 0 Å². The number of rotatable bonds is 4. The number of benzene rings is 1. The predicted molar refractivity (Wildman–Crippen MR) is 77.7 cm³/mol. The first-order valence-electron chi connectivity index (χ1n) is 6.98. The highest BCUT2D eigenvalue weighted by molar-refractivity contribution is 5.81. The van der Waals surface area contributed by atoms with E-state index in [4.69, 9.17) is 4.74 Å². The topological polar surface area (TPSA) is 33.6 Å². The number of hydrogen-bond acceptors (Lipinski definition) is 3. The number of nitrogens with one attached hydrogen (secondary N) is 1. The first-order valence-corrected chi connectivity index (χ1v) is 6.98. The van der Waals surface area contributed by atoms with Crippen molar-refractivity contribution in [2.24, 2.45) is 5.10 Å². The summed E-state index contributed by atoms with van der Waals surface area (Å²) in [5.41, 5.74) is 1.97. The minimum atomic E-state index is -0.225. The van der Waals surface area contributed by atoms with Gasteiger partial charge in [0.15, 0.2) is 11.9 Å². The van der Waals surface area contributed by atoms with Crippen molar-refractivity contribution in [3.05, 3.63) is 42.0 Å². The van der Waals surface area contributed by atoms with E-state index in [1.807, 2.05) is 6.21 Å². The molecule has 0 bridgehead atoms. The highest BCUT2D eigenvalue weighted by Crippen LogP contribution is 2.28. The maximum Gasteiger partial charge on any atom is 0.164 e. The van der Waals surface area contributed by atoms with Crippen molar-refractivity contribution in [1.29, 1.82) is 0 Å². The lowest BCUT2D eigenvalue weighted by molar-refractivity contribution is 0.191. The van der Waals surface area contributed by atoms with Crippen LogP contribution in [0.3, 0.4) is 0 Å². The second kappa shape index (κ2) is 5.34. The summed E-state index contributed by atoms with van der Waals surface area (Å²) in [5, 5.41) is 8.05. The summed E-state index contributed by atoms with van der Waals surface area (Å²) in [4.78, 5) is 0. The monoisotopic (exact) mass is 276 g/mol. The van der Waals surface area contributed by atoms with Gasteiger partial charge >= 0.3 is 0 Å². The van der Waals surface area contributed by atoms with E-state index in [-0.39, 0.29) is 5.82 Å². The Balaban J connectivity index is 1.81. The Morgan fingerprint density at radius 3 is 2.85 bits per heavy atom. The van der Waals surface area contributed by atoms with Gasteiger partial charge in [-0.05, 0) is 25.5 Å². The molecule has 2 aliphatic rings. The Kier molecular flexibility index (Phi) is 3.54. The molecule has 5 heteroatoms. The molecule has 20 heavy (non-hydrogen) atoms. The van der Waals surface area contributed by atoms with Gasteiger partial charge in [-0.1, -0.05) is 5.10 Å². The second-order valence-corrected chi connectivity index (χ2v) is 5.15. The summed E-state index contributed by atoms with van der Waals surface area (Å²) in [7, 11) is 0. The lowest BCUT2D eigenvalue weighted by Crippen LogP contribution is -2.36. The fourth-order valence-corrected chi connectivity index (χ4v) is 2.62. The summed E-state index contributed by atoms with van der Waals surface area (Å²) in [6, 6.07) is 6.88. The Hall–Kier alpha value is -1.72. The molecule has 2 aliphatic heterocycles. The summed E-state index contributed by atoms with van der Waals surface area (Å²) in [6.45, 7) is 4.41. The van der Waals surface area contributed by atoms with Gasteiger partial charge in [-0.25, -0.2) is 4.39 Å². The van der Waals surface area contributed by atoms with Crippen molar-refractivity contribution >= 4 is 11.9 Å². The molecule has 0 amide bonds. The molecule has 1 unspecified atom stereocenters. The molecule has 0 aliphatic carbocycles. The predicted octanol–water partition coefficient (Wildman–Crippen LogP) is 2.37. The Morgan fingerprint density at radius 2 is 2.20 bits per heavy atom. The summed E-state index contributed by atoms with van der Waals surface area (Å²) in [6.07, 6.45) is 4.95. The largest absolute Gasteiger partial charge is 0.379 e. The van der Waals surface area contributed by atoms with Gasteiger partial charge in [0, 0.05) is 18.7 Å². The maximum absolute atomic E-state index is 13.1. The minimum absolute atomic E-state index is 0.225. The van der Waals surface area contributed by atoms with Crippen molar-refractivity contribution in [2.45, 2.75) is 19.4 Å². The van der Waals surface area contributed by atoms with Crippen LogP contribution in [0.1, 0.15) is 13.3 Å². The number of ether oxygens (including phenoxy) is 1. The molecule has 2 atom stereocenters. The van der Waals surface area contributed by atoms with E-state index in [2.05, 4.69) is 23.5 Å². The van der Waals surface area contributed by atoms with Gasteiger partial charge in [-0.2, -0.15) is 0 Å². The van der Waals surface area contributed by atoms with Crippen LogP contribution in [0.2, 0.25) is 0 Å². The summed E-state index contributed by atoms with van der Waals surface area (Å²) < 4.78 is 18.8. The van der Waals surface area contributed by atoms with E-state index in [1.54, 1.807) is 12.1 Å². The number of quaternary nitrogens is 1. The third-order valence-corrected chi connectivity index (χ3v) is 3.81. The molecule has 0 saturated carbocycles. The zero-order chi connectivity index (χ0) is 14.0. The Bertz CT molecular complexity index is 535. The van der Waals surface area contributed by atoms with Crippen LogP contribution < -0.4 is 9.91 Å². The van der Waals surface area contributed by atoms with Gasteiger partial charge in [-0.15, -0.1) is 4.59 Å². The van der Waals surface area contributed by atoms with E-state index in [1.165, 1.54) is 12.1 Å². The van der Waals surface area contributed by atoms with Gasteiger partial charge in [0.2, 0.25) is 0 Å². The fourth-order valence-electron chi connectivity index (χ4n) is 2.62. The Labute approximate surface area is 118 Å². The highest BCUT2D eigenvalue weighted by atomic mass is 19.1. The number of hydrogen-bond donors (Lipinski definition) is 1.